The van der Waals surface area contributed by atoms with Crippen molar-refractivity contribution in [1.82, 2.24) is 4.98 Å². The van der Waals surface area contributed by atoms with E-state index in [2.05, 4.69) is 4.98 Å². The molecule has 0 radical (unpaired) electrons. The molecule has 2 rings (SSSR count). The van der Waals surface area contributed by atoms with Gasteiger partial charge in [-0.25, -0.2) is 0 Å². The van der Waals surface area contributed by atoms with Gasteiger partial charge in [-0.3, -0.25) is 4.98 Å². The highest BCUT2D eigenvalue weighted by Gasteiger charge is 2.11. The van der Waals surface area contributed by atoms with E-state index in [1.807, 2.05) is 18.2 Å². The molecule has 0 aliphatic carbocycles. The minimum absolute atomic E-state index is 0.561. The lowest BCUT2D eigenvalue weighted by molar-refractivity contribution is 0.201. The third-order valence-electron chi connectivity index (χ3n) is 2.18. The Morgan fingerprint density at radius 1 is 1.36 bits per heavy atom. The van der Waals surface area contributed by atoms with E-state index in [0.717, 1.165) is 10.9 Å². The van der Waals surface area contributed by atoms with Crippen molar-refractivity contribution in [3.8, 4) is 0 Å². The van der Waals surface area contributed by atoms with Crippen LogP contribution in [0.5, 0.6) is 0 Å². The molecular formula is C11H10ClNO. The average Bonchev–Trinajstić information content (AvgIpc) is 2.17. The average molecular weight is 208 g/mol. The van der Waals surface area contributed by atoms with E-state index < -0.39 is 6.10 Å². The highest BCUT2D eigenvalue weighted by molar-refractivity contribution is 6.32. The van der Waals surface area contributed by atoms with Gasteiger partial charge in [0, 0.05) is 22.2 Å². The molecule has 1 heterocycles. The minimum Gasteiger partial charge on any atom is -0.389 e. The molecule has 0 amide bonds. The molecule has 0 aliphatic heterocycles. The molecule has 0 saturated heterocycles. The van der Waals surface area contributed by atoms with E-state index in [4.69, 9.17) is 11.6 Å². The largest absolute Gasteiger partial charge is 0.389 e. The van der Waals surface area contributed by atoms with Gasteiger partial charge in [-0.1, -0.05) is 23.7 Å². The van der Waals surface area contributed by atoms with Gasteiger partial charge in [0.05, 0.1) is 11.6 Å². The summed E-state index contributed by atoms with van der Waals surface area (Å²) >= 11 is 6.00. The van der Waals surface area contributed by atoms with E-state index >= 15 is 0 Å². The fraction of sp³-hybridized carbons (Fsp3) is 0.182. The zero-order valence-corrected chi connectivity index (χ0v) is 8.49. The van der Waals surface area contributed by atoms with Crippen molar-refractivity contribution in [2.24, 2.45) is 0 Å². The smallest absolute Gasteiger partial charge is 0.0797 e. The lowest BCUT2D eigenvalue weighted by Crippen LogP contribution is -1.95. The number of hydrogen-bond donors (Lipinski definition) is 1. The van der Waals surface area contributed by atoms with Crippen LogP contribution in [0.1, 0.15) is 18.6 Å². The normalized spacial score (nSPS) is 13.1. The summed E-state index contributed by atoms with van der Waals surface area (Å²) < 4.78 is 0. The number of pyridine rings is 1. The van der Waals surface area contributed by atoms with Crippen molar-refractivity contribution in [2.45, 2.75) is 13.0 Å². The zero-order chi connectivity index (χ0) is 10.1. The zero-order valence-electron chi connectivity index (χ0n) is 7.74. The number of hydrogen-bond acceptors (Lipinski definition) is 2. The maximum Gasteiger partial charge on any atom is 0.0797 e. The minimum atomic E-state index is -0.596. The molecule has 0 saturated carbocycles. The quantitative estimate of drug-likeness (QED) is 0.780. The summed E-state index contributed by atoms with van der Waals surface area (Å²) in [6, 6.07) is 7.50. The van der Waals surface area contributed by atoms with Crippen LogP contribution in [0.3, 0.4) is 0 Å². The Kier molecular flexibility index (Phi) is 2.40. The third-order valence-corrected chi connectivity index (χ3v) is 2.51. The van der Waals surface area contributed by atoms with Crippen molar-refractivity contribution >= 4 is 22.5 Å². The first-order valence-electron chi connectivity index (χ1n) is 4.41. The van der Waals surface area contributed by atoms with E-state index in [-0.39, 0.29) is 0 Å². The molecular weight excluding hydrogens is 198 g/mol. The van der Waals surface area contributed by atoms with E-state index in [1.54, 1.807) is 19.2 Å². The van der Waals surface area contributed by atoms with Crippen molar-refractivity contribution in [3.05, 3.63) is 41.0 Å². The van der Waals surface area contributed by atoms with Gasteiger partial charge >= 0.3 is 0 Å². The SMILES string of the molecule is C[C@H](O)c1c(Cl)ccc2cccnc12. The van der Waals surface area contributed by atoms with E-state index in [9.17, 15) is 5.11 Å². The molecule has 0 fully saturated rings. The highest BCUT2D eigenvalue weighted by atomic mass is 35.5. The highest BCUT2D eigenvalue weighted by Crippen LogP contribution is 2.29. The Morgan fingerprint density at radius 2 is 2.14 bits per heavy atom. The molecule has 0 bridgehead atoms. The summed E-state index contributed by atoms with van der Waals surface area (Å²) in [6.45, 7) is 1.69. The first kappa shape index (κ1) is 9.44. The maximum atomic E-state index is 9.58. The van der Waals surface area contributed by atoms with Gasteiger partial charge in [0.15, 0.2) is 0 Å². The number of aliphatic hydroxyl groups is 1. The van der Waals surface area contributed by atoms with Gasteiger partial charge in [0.2, 0.25) is 0 Å². The van der Waals surface area contributed by atoms with Gasteiger partial charge in [0.25, 0.3) is 0 Å². The molecule has 2 aromatic rings. The first-order valence-corrected chi connectivity index (χ1v) is 4.79. The van der Waals surface area contributed by atoms with Crippen LogP contribution in [-0.4, -0.2) is 10.1 Å². The molecule has 72 valence electrons. The summed E-state index contributed by atoms with van der Waals surface area (Å²) in [5.74, 6) is 0. The summed E-state index contributed by atoms with van der Waals surface area (Å²) in [5.41, 5.74) is 1.47. The van der Waals surface area contributed by atoms with Gasteiger partial charge in [-0.2, -0.15) is 0 Å². The summed E-state index contributed by atoms with van der Waals surface area (Å²) in [5, 5.41) is 11.1. The molecule has 1 N–H and O–H groups in total. The molecule has 0 aliphatic rings. The molecule has 2 nitrogen and oxygen atoms in total. The van der Waals surface area contributed by atoms with Crippen LogP contribution in [0.2, 0.25) is 5.02 Å². The standard InChI is InChI=1S/C11H10ClNO/c1-7(14)10-9(12)5-4-8-3-2-6-13-11(8)10/h2-7,14H,1H3/t7-/m0/s1. The van der Waals surface area contributed by atoms with E-state index in [0.29, 0.717) is 10.6 Å². The van der Waals surface area contributed by atoms with Gasteiger partial charge in [-0.15, -0.1) is 0 Å². The van der Waals surface area contributed by atoms with Crippen molar-refractivity contribution in [1.29, 1.82) is 0 Å². The molecule has 1 aromatic heterocycles. The van der Waals surface area contributed by atoms with Crippen LogP contribution in [-0.2, 0) is 0 Å². The molecule has 1 aromatic carbocycles. The summed E-state index contributed by atoms with van der Waals surface area (Å²) in [6.07, 6.45) is 1.10. The van der Waals surface area contributed by atoms with Crippen LogP contribution in [0.4, 0.5) is 0 Å². The fourth-order valence-corrected chi connectivity index (χ4v) is 1.85. The Balaban J connectivity index is 2.83. The number of fused-ring (bicyclic) bond motifs is 1. The number of nitrogens with zero attached hydrogens (tertiary/aromatic N) is 1. The molecule has 1 atom stereocenters. The van der Waals surface area contributed by atoms with Gasteiger partial charge in [0.1, 0.15) is 0 Å². The molecule has 3 heteroatoms. The fourth-order valence-electron chi connectivity index (χ4n) is 1.54. The van der Waals surface area contributed by atoms with Crippen LogP contribution in [0.15, 0.2) is 30.5 Å². The van der Waals surface area contributed by atoms with Crippen molar-refractivity contribution in [2.75, 3.05) is 0 Å². The topological polar surface area (TPSA) is 33.1 Å². The third kappa shape index (κ3) is 1.47. The number of aliphatic hydroxyl groups excluding tert-OH is 1. The number of aromatic nitrogens is 1. The van der Waals surface area contributed by atoms with Crippen molar-refractivity contribution in [3.63, 3.8) is 0 Å². The number of rotatable bonds is 1. The second kappa shape index (κ2) is 3.56. The maximum absolute atomic E-state index is 9.58. The van der Waals surface area contributed by atoms with E-state index in [1.165, 1.54) is 0 Å². The summed E-state index contributed by atoms with van der Waals surface area (Å²) in [7, 11) is 0. The van der Waals surface area contributed by atoms with Crippen LogP contribution < -0.4 is 0 Å². The monoisotopic (exact) mass is 207 g/mol. The van der Waals surface area contributed by atoms with Gasteiger partial charge in [-0.05, 0) is 19.1 Å². The Morgan fingerprint density at radius 3 is 2.86 bits per heavy atom. The first-order chi connectivity index (χ1) is 6.70. The predicted octanol–water partition coefficient (Wildman–Crippen LogP) is 2.94. The second-order valence-corrected chi connectivity index (χ2v) is 3.62. The van der Waals surface area contributed by atoms with Gasteiger partial charge < -0.3 is 5.11 Å². The Hall–Kier alpha value is -1.12. The Labute approximate surface area is 87.2 Å². The predicted molar refractivity (Wildman–Crippen MR) is 57.4 cm³/mol. The summed E-state index contributed by atoms with van der Waals surface area (Å²) in [4.78, 5) is 4.22. The molecule has 14 heavy (non-hydrogen) atoms. The number of benzene rings is 1. The lowest BCUT2D eigenvalue weighted by atomic mass is 10.1. The Bertz CT molecular complexity index is 468. The molecule has 0 unspecified atom stereocenters. The van der Waals surface area contributed by atoms with Crippen molar-refractivity contribution < 1.29 is 5.11 Å². The lowest BCUT2D eigenvalue weighted by Gasteiger charge is -2.09. The molecule has 0 spiro atoms. The van der Waals surface area contributed by atoms with Crippen LogP contribution >= 0.6 is 11.6 Å². The number of halogens is 1. The van der Waals surface area contributed by atoms with Crippen LogP contribution in [0, 0.1) is 0 Å². The van der Waals surface area contributed by atoms with Crippen LogP contribution in [0.25, 0.3) is 10.9 Å². The second-order valence-electron chi connectivity index (χ2n) is 3.21.